The molecular weight excluding hydrogens is 369 g/mol. The Labute approximate surface area is 142 Å². The number of aromatic nitrogens is 1. The predicted molar refractivity (Wildman–Crippen MR) is 90.8 cm³/mol. The van der Waals surface area contributed by atoms with E-state index in [-0.39, 0.29) is 0 Å². The number of halogens is 3. The zero-order valence-corrected chi connectivity index (χ0v) is 14.2. The lowest BCUT2D eigenvalue weighted by atomic mass is 10.2. The van der Waals surface area contributed by atoms with Crippen LogP contribution in [0.2, 0.25) is 5.02 Å². The van der Waals surface area contributed by atoms with E-state index in [1.165, 1.54) is 11.6 Å². The van der Waals surface area contributed by atoms with Gasteiger partial charge in [-0.1, -0.05) is 33.6 Å². The maximum Gasteiger partial charge on any atom is 0.212 e. The largest absolute Gasteiger partial charge is 0.369 e. The molecule has 6 heteroatoms. The molecule has 0 spiro atoms. The van der Waals surface area contributed by atoms with Crippen LogP contribution in [0.4, 0.5) is 10.1 Å². The third-order valence-corrected chi connectivity index (χ3v) is 4.83. The van der Waals surface area contributed by atoms with Crippen molar-refractivity contribution in [3.05, 3.63) is 57.5 Å². The lowest BCUT2D eigenvalue weighted by molar-refractivity contribution is 0.550. The minimum Gasteiger partial charge on any atom is -0.369 e. The van der Waals surface area contributed by atoms with Crippen molar-refractivity contribution < 1.29 is 4.39 Å². The molecule has 0 aliphatic carbocycles. The number of pyridine rings is 1. The van der Waals surface area contributed by atoms with Gasteiger partial charge in [-0.15, -0.1) is 0 Å². The average molecular weight is 385 g/mol. The number of nitrogens with zero attached hydrogens (tertiary/aromatic N) is 2. The van der Waals surface area contributed by atoms with Gasteiger partial charge in [0.05, 0.1) is 11.9 Å². The van der Waals surface area contributed by atoms with Gasteiger partial charge >= 0.3 is 0 Å². The SMILES string of the molecule is Fc1ccc(N2CC[C@H](NCc3ccc(Cl)cc3Br)C2)cn1. The molecule has 22 heavy (non-hydrogen) atoms. The normalized spacial score (nSPS) is 18.0. The van der Waals surface area contributed by atoms with Gasteiger partial charge in [-0.25, -0.2) is 4.98 Å². The molecule has 1 aliphatic rings. The molecule has 3 nitrogen and oxygen atoms in total. The van der Waals surface area contributed by atoms with Crippen molar-refractivity contribution >= 4 is 33.2 Å². The highest BCUT2D eigenvalue weighted by atomic mass is 79.9. The maximum absolute atomic E-state index is 12.9. The second kappa shape index (κ2) is 6.94. The Hall–Kier alpha value is -1.17. The van der Waals surface area contributed by atoms with E-state index in [0.29, 0.717) is 6.04 Å². The minimum atomic E-state index is -0.440. The molecule has 1 aliphatic heterocycles. The van der Waals surface area contributed by atoms with Crippen LogP contribution in [0, 0.1) is 5.95 Å². The Bertz CT molecular complexity index is 650. The third-order valence-electron chi connectivity index (χ3n) is 3.86. The fourth-order valence-electron chi connectivity index (χ4n) is 2.64. The Morgan fingerprint density at radius 2 is 2.23 bits per heavy atom. The molecule has 116 valence electrons. The van der Waals surface area contributed by atoms with E-state index >= 15 is 0 Å². The number of hydrogen-bond acceptors (Lipinski definition) is 3. The Morgan fingerprint density at radius 1 is 1.36 bits per heavy atom. The summed E-state index contributed by atoms with van der Waals surface area (Å²) in [5.41, 5.74) is 2.16. The Balaban J connectivity index is 1.56. The summed E-state index contributed by atoms with van der Waals surface area (Å²) in [7, 11) is 0. The summed E-state index contributed by atoms with van der Waals surface area (Å²) in [4.78, 5) is 5.94. The molecule has 3 rings (SSSR count). The number of benzene rings is 1. The van der Waals surface area contributed by atoms with Crippen LogP contribution in [0.15, 0.2) is 41.0 Å². The fraction of sp³-hybridized carbons (Fsp3) is 0.312. The van der Waals surface area contributed by atoms with Crippen molar-refractivity contribution in [1.82, 2.24) is 10.3 Å². The molecule has 2 heterocycles. The maximum atomic E-state index is 12.9. The molecule has 0 unspecified atom stereocenters. The molecule has 1 aromatic carbocycles. The van der Waals surface area contributed by atoms with Crippen molar-refractivity contribution in [2.45, 2.75) is 19.0 Å². The van der Waals surface area contributed by atoms with Gasteiger partial charge in [-0.3, -0.25) is 0 Å². The van der Waals surface area contributed by atoms with E-state index in [1.807, 2.05) is 18.2 Å². The van der Waals surface area contributed by atoms with Gasteiger partial charge in [0.25, 0.3) is 0 Å². The number of anilines is 1. The van der Waals surface area contributed by atoms with Crippen LogP contribution in [-0.2, 0) is 6.54 Å². The summed E-state index contributed by atoms with van der Waals surface area (Å²) in [5.74, 6) is -0.440. The standard InChI is InChI=1S/C16H16BrClFN3/c17-15-7-12(18)2-1-11(15)8-20-13-5-6-22(10-13)14-3-4-16(19)21-9-14/h1-4,7,9,13,20H,5-6,8,10H2/t13-/m0/s1. The second-order valence-electron chi connectivity index (χ2n) is 5.39. The van der Waals surface area contributed by atoms with E-state index in [9.17, 15) is 4.39 Å². The first kappa shape index (κ1) is 15.7. The molecule has 0 saturated carbocycles. The zero-order valence-electron chi connectivity index (χ0n) is 11.9. The molecule has 1 saturated heterocycles. The third kappa shape index (κ3) is 3.77. The van der Waals surface area contributed by atoms with E-state index in [0.717, 1.165) is 41.2 Å². The molecule has 2 aromatic rings. The molecule has 0 radical (unpaired) electrons. The van der Waals surface area contributed by atoms with Crippen molar-refractivity contribution in [1.29, 1.82) is 0 Å². The van der Waals surface area contributed by atoms with E-state index in [1.54, 1.807) is 12.3 Å². The molecule has 1 N–H and O–H groups in total. The van der Waals surface area contributed by atoms with Crippen LogP contribution in [0.3, 0.4) is 0 Å². The highest BCUT2D eigenvalue weighted by molar-refractivity contribution is 9.10. The molecule has 0 bridgehead atoms. The summed E-state index contributed by atoms with van der Waals surface area (Å²) in [6.07, 6.45) is 2.65. The fourth-order valence-corrected chi connectivity index (χ4v) is 3.46. The molecule has 1 aromatic heterocycles. The number of hydrogen-bond donors (Lipinski definition) is 1. The summed E-state index contributed by atoms with van der Waals surface area (Å²) >= 11 is 9.49. The Morgan fingerprint density at radius 3 is 2.95 bits per heavy atom. The summed E-state index contributed by atoms with van der Waals surface area (Å²) in [5, 5.41) is 4.29. The monoisotopic (exact) mass is 383 g/mol. The van der Waals surface area contributed by atoms with Crippen molar-refractivity contribution in [3.8, 4) is 0 Å². The summed E-state index contributed by atoms with van der Waals surface area (Å²) in [6, 6.07) is 9.42. The quantitative estimate of drug-likeness (QED) is 0.808. The first-order chi connectivity index (χ1) is 10.6. The van der Waals surface area contributed by atoms with Gasteiger partial charge in [-0.05, 0) is 36.2 Å². The van der Waals surface area contributed by atoms with Gasteiger partial charge in [0.2, 0.25) is 5.95 Å². The molecule has 1 atom stereocenters. The summed E-state index contributed by atoms with van der Waals surface area (Å²) < 4.78 is 13.9. The van der Waals surface area contributed by atoms with Crippen LogP contribution >= 0.6 is 27.5 Å². The smallest absolute Gasteiger partial charge is 0.212 e. The van der Waals surface area contributed by atoms with Crippen molar-refractivity contribution in [3.63, 3.8) is 0 Å². The van der Waals surface area contributed by atoms with Crippen molar-refractivity contribution in [2.24, 2.45) is 0 Å². The average Bonchev–Trinajstić information content (AvgIpc) is 2.96. The number of rotatable bonds is 4. The lowest BCUT2D eigenvalue weighted by Crippen LogP contribution is -2.32. The molecular formula is C16H16BrClFN3. The van der Waals surface area contributed by atoms with Crippen LogP contribution in [0.1, 0.15) is 12.0 Å². The van der Waals surface area contributed by atoms with Crippen LogP contribution in [-0.4, -0.2) is 24.1 Å². The molecule has 1 fully saturated rings. The van der Waals surface area contributed by atoms with E-state index < -0.39 is 5.95 Å². The lowest BCUT2D eigenvalue weighted by Gasteiger charge is -2.18. The topological polar surface area (TPSA) is 28.2 Å². The second-order valence-corrected chi connectivity index (χ2v) is 6.68. The minimum absolute atomic E-state index is 0.410. The first-order valence-electron chi connectivity index (χ1n) is 7.15. The van der Waals surface area contributed by atoms with Crippen LogP contribution in [0.25, 0.3) is 0 Å². The van der Waals surface area contributed by atoms with Gasteiger partial charge in [-0.2, -0.15) is 4.39 Å². The first-order valence-corrected chi connectivity index (χ1v) is 8.33. The highest BCUT2D eigenvalue weighted by Crippen LogP contribution is 2.23. The highest BCUT2D eigenvalue weighted by Gasteiger charge is 2.22. The zero-order chi connectivity index (χ0) is 15.5. The van der Waals surface area contributed by atoms with Crippen LogP contribution in [0.5, 0.6) is 0 Å². The van der Waals surface area contributed by atoms with Crippen LogP contribution < -0.4 is 10.2 Å². The predicted octanol–water partition coefficient (Wildman–Crippen LogP) is 4.01. The molecule has 0 amide bonds. The number of nitrogens with one attached hydrogen (secondary N) is 1. The van der Waals surface area contributed by atoms with Gasteiger partial charge < -0.3 is 10.2 Å². The van der Waals surface area contributed by atoms with Crippen molar-refractivity contribution in [2.75, 3.05) is 18.0 Å². The Kier molecular flexibility index (Phi) is 4.96. The summed E-state index contributed by atoms with van der Waals surface area (Å²) in [6.45, 7) is 2.64. The van der Waals surface area contributed by atoms with Gasteiger partial charge in [0.15, 0.2) is 0 Å². The van der Waals surface area contributed by atoms with E-state index in [4.69, 9.17) is 11.6 Å². The van der Waals surface area contributed by atoms with Gasteiger partial charge in [0, 0.05) is 35.2 Å². The van der Waals surface area contributed by atoms with E-state index in [2.05, 4.69) is 31.1 Å². The van der Waals surface area contributed by atoms with Gasteiger partial charge in [0.1, 0.15) is 0 Å².